The highest BCUT2D eigenvalue weighted by Gasteiger charge is 2.18. The number of hydrogen-bond donors (Lipinski definition) is 1. The summed E-state index contributed by atoms with van der Waals surface area (Å²) in [5.74, 6) is 0.534. The molecule has 7 heteroatoms. The molecule has 6 nitrogen and oxygen atoms in total. The molecule has 0 saturated heterocycles. The fourth-order valence-corrected chi connectivity index (χ4v) is 2.87. The second kappa shape index (κ2) is 5.02. The van der Waals surface area contributed by atoms with Crippen LogP contribution < -0.4 is 5.73 Å². The average Bonchev–Trinajstić information content (AvgIpc) is 3.09. The van der Waals surface area contributed by atoms with Crippen molar-refractivity contribution in [3.05, 3.63) is 51.9 Å². The summed E-state index contributed by atoms with van der Waals surface area (Å²) in [6, 6.07) is 10.3. The molecule has 3 rings (SSSR count). The van der Waals surface area contributed by atoms with Gasteiger partial charge in [0.25, 0.3) is 5.69 Å². The summed E-state index contributed by atoms with van der Waals surface area (Å²) in [7, 11) is 1.78. The quantitative estimate of drug-likeness (QED) is 0.594. The molecule has 106 valence electrons. The summed E-state index contributed by atoms with van der Waals surface area (Å²) in [5.41, 5.74) is 8.57. The lowest BCUT2D eigenvalue weighted by atomic mass is 10.0. The van der Waals surface area contributed by atoms with Gasteiger partial charge in [-0.05, 0) is 29.1 Å². The van der Waals surface area contributed by atoms with Crippen molar-refractivity contribution >= 4 is 22.8 Å². The smallest absolute Gasteiger partial charge is 0.269 e. The summed E-state index contributed by atoms with van der Waals surface area (Å²) in [6.07, 6.45) is 0. The highest BCUT2D eigenvalue weighted by Crippen LogP contribution is 2.38. The fraction of sp³-hybridized carbons (Fsp3) is 0.0714. The number of nitrogens with two attached hydrogens (primary N) is 1. The molecule has 2 N–H and O–H groups in total. The van der Waals surface area contributed by atoms with E-state index < -0.39 is 4.92 Å². The van der Waals surface area contributed by atoms with Gasteiger partial charge in [-0.15, -0.1) is 11.3 Å². The van der Waals surface area contributed by atoms with Crippen molar-refractivity contribution < 1.29 is 4.92 Å². The van der Waals surface area contributed by atoms with Crippen molar-refractivity contribution in [2.75, 3.05) is 5.73 Å². The Morgan fingerprint density at radius 3 is 2.57 bits per heavy atom. The van der Waals surface area contributed by atoms with Gasteiger partial charge in [-0.25, -0.2) is 0 Å². The average molecular weight is 300 g/mol. The van der Waals surface area contributed by atoms with Crippen LogP contribution in [0, 0.1) is 10.1 Å². The summed E-state index contributed by atoms with van der Waals surface area (Å²) in [5, 5.41) is 17.2. The van der Waals surface area contributed by atoms with Crippen LogP contribution in [0.5, 0.6) is 0 Å². The van der Waals surface area contributed by atoms with Crippen LogP contribution in [-0.4, -0.2) is 14.7 Å². The number of benzene rings is 1. The SMILES string of the molecule is Cn1nc(-c2cccs2)c(-c2ccc([N+](=O)[O-])cc2)c1N. The molecule has 21 heavy (non-hydrogen) atoms. The van der Waals surface area contributed by atoms with Crippen molar-refractivity contribution in [1.29, 1.82) is 0 Å². The van der Waals surface area contributed by atoms with Crippen molar-refractivity contribution in [2.24, 2.45) is 7.05 Å². The van der Waals surface area contributed by atoms with Crippen LogP contribution in [0.3, 0.4) is 0 Å². The number of aromatic nitrogens is 2. The second-order valence-electron chi connectivity index (χ2n) is 4.51. The van der Waals surface area contributed by atoms with E-state index in [1.807, 2.05) is 17.5 Å². The van der Waals surface area contributed by atoms with Gasteiger partial charge in [-0.3, -0.25) is 14.8 Å². The van der Waals surface area contributed by atoms with Gasteiger partial charge in [-0.2, -0.15) is 5.10 Å². The van der Waals surface area contributed by atoms with Crippen LogP contribution in [0.4, 0.5) is 11.5 Å². The first kappa shape index (κ1) is 13.3. The Morgan fingerprint density at radius 2 is 2.00 bits per heavy atom. The zero-order valence-corrected chi connectivity index (χ0v) is 12.0. The Labute approximate surface area is 124 Å². The van der Waals surface area contributed by atoms with Gasteiger partial charge >= 0.3 is 0 Å². The molecular weight excluding hydrogens is 288 g/mol. The first-order valence-corrected chi connectivity index (χ1v) is 7.07. The number of nitro benzene ring substituents is 1. The summed E-state index contributed by atoms with van der Waals surface area (Å²) in [4.78, 5) is 11.3. The van der Waals surface area contributed by atoms with Crippen LogP contribution in [0.25, 0.3) is 21.7 Å². The Kier molecular flexibility index (Phi) is 3.19. The van der Waals surface area contributed by atoms with Gasteiger partial charge < -0.3 is 5.73 Å². The highest BCUT2D eigenvalue weighted by atomic mass is 32.1. The number of thiophene rings is 1. The number of nitro groups is 1. The molecule has 3 aromatic rings. The van der Waals surface area contributed by atoms with Gasteiger partial charge in [0, 0.05) is 19.2 Å². The standard InChI is InChI=1S/C14H12N4O2S/c1-17-14(15)12(13(16-17)11-3-2-8-21-11)9-4-6-10(7-5-9)18(19)20/h2-8H,15H2,1H3. The Morgan fingerprint density at radius 1 is 1.29 bits per heavy atom. The highest BCUT2D eigenvalue weighted by molar-refractivity contribution is 7.13. The monoisotopic (exact) mass is 300 g/mol. The van der Waals surface area contributed by atoms with Crippen LogP contribution in [0.2, 0.25) is 0 Å². The van der Waals surface area contributed by atoms with E-state index in [1.54, 1.807) is 35.2 Å². The van der Waals surface area contributed by atoms with Crippen LogP contribution >= 0.6 is 11.3 Å². The molecule has 0 aliphatic rings. The van der Waals surface area contributed by atoms with Crippen molar-refractivity contribution in [3.63, 3.8) is 0 Å². The molecule has 0 saturated carbocycles. The number of nitrogen functional groups attached to an aromatic ring is 1. The van der Waals surface area contributed by atoms with E-state index in [0.29, 0.717) is 5.82 Å². The number of non-ortho nitro benzene ring substituents is 1. The minimum Gasteiger partial charge on any atom is -0.383 e. The lowest BCUT2D eigenvalue weighted by Gasteiger charge is -2.03. The third kappa shape index (κ3) is 2.27. The maximum atomic E-state index is 10.7. The minimum atomic E-state index is -0.420. The lowest BCUT2D eigenvalue weighted by Crippen LogP contribution is -1.98. The predicted octanol–water partition coefficient (Wildman–Crippen LogP) is 3.31. The van der Waals surface area contributed by atoms with E-state index in [2.05, 4.69) is 5.10 Å². The topological polar surface area (TPSA) is 87.0 Å². The van der Waals surface area contributed by atoms with E-state index in [4.69, 9.17) is 5.73 Å². The van der Waals surface area contributed by atoms with Gasteiger partial charge in [0.2, 0.25) is 0 Å². The maximum absolute atomic E-state index is 10.7. The Balaban J connectivity index is 2.15. The van der Waals surface area contributed by atoms with Gasteiger partial charge in [0.1, 0.15) is 11.5 Å². The van der Waals surface area contributed by atoms with E-state index in [9.17, 15) is 10.1 Å². The molecule has 0 spiro atoms. The number of nitrogens with zero attached hydrogens (tertiary/aromatic N) is 3. The predicted molar refractivity (Wildman–Crippen MR) is 83.0 cm³/mol. The molecule has 0 aliphatic heterocycles. The molecule has 0 unspecified atom stereocenters. The molecule has 2 heterocycles. The molecule has 0 fully saturated rings. The van der Waals surface area contributed by atoms with Crippen molar-refractivity contribution in [2.45, 2.75) is 0 Å². The molecule has 0 bridgehead atoms. The van der Waals surface area contributed by atoms with Gasteiger partial charge in [0.15, 0.2) is 0 Å². The Bertz CT molecular complexity index is 791. The second-order valence-corrected chi connectivity index (χ2v) is 5.46. The number of anilines is 1. The first-order chi connectivity index (χ1) is 10.1. The summed E-state index contributed by atoms with van der Waals surface area (Å²) in [6.45, 7) is 0. The van der Waals surface area contributed by atoms with Crippen LogP contribution in [0.15, 0.2) is 41.8 Å². The van der Waals surface area contributed by atoms with Gasteiger partial charge in [0.05, 0.1) is 15.4 Å². The van der Waals surface area contributed by atoms with Crippen molar-refractivity contribution in [1.82, 2.24) is 9.78 Å². The normalized spacial score (nSPS) is 10.7. The molecule has 0 aliphatic carbocycles. The van der Waals surface area contributed by atoms with E-state index in [-0.39, 0.29) is 5.69 Å². The number of aryl methyl sites for hydroxylation is 1. The van der Waals surface area contributed by atoms with Crippen LogP contribution in [-0.2, 0) is 7.05 Å². The zero-order valence-electron chi connectivity index (χ0n) is 11.2. The lowest BCUT2D eigenvalue weighted by molar-refractivity contribution is -0.384. The zero-order chi connectivity index (χ0) is 15.0. The Hall–Kier alpha value is -2.67. The largest absolute Gasteiger partial charge is 0.383 e. The fourth-order valence-electron chi connectivity index (χ4n) is 2.16. The van der Waals surface area contributed by atoms with Crippen LogP contribution in [0.1, 0.15) is 0 Å². The first-order valence-electron chi connectivity index (χ1n) is 6.19. The maximum Gasteiger partial charge on any atom is 0.269 e. The number of hydrogen-bond acceptors (Lipinski definition) is 5. The minimum absolute atomic E-state index is 0.0545. The molecule has 2 aromatic heterocycles. The van der Waals surface area contributed by atoms with Crippen molar-refractivity contribution in [3.8, 4) is 21.7 Å². The van der Waals surface area contributed by atoms with E-state index in [1.165, 1.54) is 12.1 Å². The molecule has 0 amide bonds. The third-order valence-corrected chi connectivity index (χ3v) is 4.09. The third-order valence-electron chi connectivity index (χ3n) is 3.21. The summed E-state index contributed by atoms with van der Waals surface area (Å²) < 4.78 is 1.62. The molecular formula is C14H12N4O2S. The van der Waals surface area contributed by atoms with E-state index >= 15 is 0 Å². The summed E-state index contributed by atoms with van der Waals surface area (Å²) >= 11 is 1.58. The number of rotatable bonds is 3. The molecule has 0 atom stereocenters. The van der Waals surface area contributed by atoms with Gasteiger partial charge in [-0.1, -0.05) is 6.07 Å². The van der Waals surface area contributed by atoms with E-state index in [0.717, 1.165) is 21.7 Å². The molecule has 1 aromatic carbocycles. The molecule has 0 radical (unpaired) electrons.